The Morgan fingerprint density at radius 2 is 2.15 bits per heavy atom. The van der Waals surface area contributed by atoms with Gasteiger partial charge in [0.2, 0.25) is 0 Å². The standard InChI is InChI=1S/C9H8FN2O/c1-7-6-11-12(13-7)9-5-3-2-4-8(9)10/h2-6,11H,1H2. The third-order valence-electron chi connectivity index (χ3n) is 1.62. The van der Waals surface area contributed by atoms with Crippen molar-refractivity contribution in [2.24, 2.45) is 0 Å². The number of hydrogen-bond donors (Lipinski definition) is 1. The first kappa shape index (κ1) is 7.91. The zero-order valence-electron chi connectivity index (χ0n) is 6.83. The summed E-state index contributed by atoms with van der Waals surface area (Å²) in [5, 5.41) is 1.22. The molecule has 13 heavy (non-hydrogen) atoms. The molecule has 1 radical (unpaired) electrons. The van der Waals surface area contributed by atoms with E-state index in [1.165, 1.54) is 11.2 Å². The zero-order chi connectivity index (χ0) is 9.26. The number of halogens is 1. The third-order valence-corrected chi connectivity index (χ3v) is 1.62. The van der Waals surface area contributed by atoms with Crippen LogP contribution in [0.4, 0.5) is 10.1 Å². The predicted octanol–water partition coefficient (Wildman–Crippen LogP) is 1.76. The van der Waals surface area contributed by atoms with Crippen LogP contribution in [-0.2, 0) is 4.84 Å². The van der Waals surface area contributed by atoms with Crippen molar-refractivity contribution in [3.05, 3.63) is 49.0 Å². The first-order valence-electron chi connectivity index (χ1n) is 3.78. The molecule has 1 aromatic carbocycles. The lowest BCUT2D eigenvalue weighted by Gasteiger charge is -2.17. The second-order valence-electron chi connectivity index (χ2n) is 2.58. The van der Waals surface area contributed by atoms with Crippen molar-refractivity contribution < 1.29 is 9.23 Å². The van der Waals surface area contributed by atoms with E-state index in [0.29, 0.717) is 11.4 Å². The molecule has 1 aliphatic rings. The van der Waals surface area contributed by atoms with Crippen LogP contribution in [0, 0.1) is 12.7 Å². The number of nitrogens with zero attached hydrogens (tertiary/aromatic N) is 1. The average Bonchev–Trinajstić information content (AvgIpc) is 2.53. The summed E-state index contributed by atoms with van der Waals surface area (Å²) in [5.41, 5.74) is 3.04. The van der Waals surface area contributed by atoms with Crippen molar-refractivity contribution in [1.29, 1.82) is 0 Å². The van der Waals surface area contributed by atoms with Gasteiger partial charge in [0.05, 0.1) is 6.20 Å². The van der Waals surface area contributed by atoms with Gasteiger partial charge < -0.3 is 4.84 Å². The van der Waals surface area contributed by atoms with Gasteiger partial charge in [0.25, 0.3) is 0 Å². The summed E-state index contributed by atoms with van der Waals surface area (Å²) in [6.07, 6.45) is 1.55. The Morgan fingerprint density at radius 3 is 2.77 bits per heavy atom. The molecule has 0 saturated heterocycles. The highest BCUT2D eigenvalue weighted by Gasteiger charge is 2.15. The van der Waals surface area contributed by atoms with Crippen LogP contribution in [0.2, 0.25) is 0 Å². The summed E-state index contributed by atoms with van der Waals surface area (Å²) in [4.78, 5) is 5.06. The molecule has 0 aliphatic carbocycles. The van der Waals surface area contributed by atoms with Crippen LogP contribution in [0.5, 0.6) is 0 Å². The minimum absolute atomic E-state index is 0.331. The van der Waals surface area contributed by atoms with Gasteiger partial charge >= 0.3 is 0 Å². The molecule has 0 saturated carbocycles. The van der Waals surface area contributed by atoms with Gasteiger partial charge in [0.1, 0.15) is 5.69 Å². The number of para-hydroxylation sites is 1. The normalized spacial score (nSPS) is 14.9. The molecule has 0 aromatic heterocycles. The molecule has 0 amide bonds. The highest BCUT2D eigenvalue weighted by Crippen LogP contribution is 2.20. The quantitative estimate of drug-likeness (QED) is 0.710. The number of anilines is 1. The van der Waals surface area contributed by atoms with Crippen LogP contribution in [0.1, 0.15) is 0 Å². The maximum Gasteiger partial charge on any atom is 0.152 e. The molecule has 1 heterocycles. The third kappa shape index (κ3) is 1.42. The van der Waals surface area contributed by atoms with E-state index in [1.807, 2.05) is 0 Å². The molecule has 67 valence electrons. The summed E-state index contributed by atoms with van der Waals surface area (Å²) in [5.74, 6) is 0.0985. The van der Waals surface area contributed by atoms with Gasteiger partial charge in [-0.25, -0.2) is 4.39 Å². The molecule has 0 atom stereocenters. The lowest BCUT2D eigenvalue weighted by atomic mass is 10.3. The summed E-state index contributed by atoms with van der Waals surface area (Å²) < 4.78 is 13.2. The van der Waals surface area contributed by atoms with Crippen molar-refractivity contribution >= 4 is 5.69 Å². The predicted molar refractivity (Wildman–Crippen MR) is 46.5 cm³/mol. The fourth-order valence-corrected chi connectivity index (χ4v) is 1.04. The minimum atomic E-state index is -0.349. The monoisotopic (exact) mass is 179 g/mol. The van der Waals surface area contributed by atoms with E-state index in [9.17, 15) is 4.39 Å². The highest BCUT2D eigenvalue weighted by molar-refractivity contribution is 5.45. The molecular weight excluding hydrogens is 171 g/mol. The topological polar surface area (TPSA) is 24.5 Å². The Balaban J connectivity index is 2.23. The molecule has 0 bridgehead atoms. The average molecular weight is 179 g/mol. The maximum absolute atomic E-state index is 13.2. The number of rotatable bonds is 1. The Labute approximate surface area is 75.3 Å². The maximum atomic E-state index is 13.2. The molecule has 1 aliphatic heterocycles. The van der Waals surface area contributed by atoms with Gasteiger partial charge in [0.15, 0.2) is 11.6 Å². The van der Waals surface area contributed by atoms with E-state index in [2.05, 4.69) is 12.3 Å². The summed E-state index contributed by atoms with van der Waals surface area (Å²) in [6, 6.07) is 6.31. The van der Waals surface area contributed by atoms with Gasteiger partial charge in [-0.3, -0.25) is 5.43 Å². The number of hydrogen-bond acceptors (Lipinski definition) is 3. The molecule has 1 aromatic rings. The lowest BCUT2D eigenvalue weighted by Crippen LogP contribution is -2.28. The molecule has 0 spiro atoms. The fraction of sp³-hybridized carbons (Fsp3) is 0. The summed E-state index contributed by atoms with van der Waals surface area (Å²) >= 11 is 0. The summed E-state index contributed by atoms with van der Waals surface area (Å²) in [7, 11) is 0. The highest BCUT2D eigenvalue weighted by atomic mass is 19.1. The molecule has 3 nitrogen and oxygen atoms in total. The van der Waals surface area contributed by atoms with Gasteiger partial charge in [-0.05, 0) is 12.1 Å². The SMILES string of the molecule is [CH2]C1=CNN(c2ccccc2F)O1. The zero-order valence-corrected chi connectivity index (χ0v) is 6.83. The van der Waals surface area contributed by atoms with Crippen molar-refractivity contribution in [3.8, 4) is 0 Å². The number of benzene rings is 1. The molecule has 2 rings (SSSR count). The van der Waals surface area contributed by atoms with Crippen molar-refractivity contribution in [3.63, 3.8) is 0 Å². The van der Waals surface area contributed by atoms with E-state index in [1.54, 1.807) is 24.4 Å². The van der Waals surface area contributed by atoms with Crippen molar-refractivity contribution in [2.75, 3.05) is 5.17 Å². The van der Waals surface area contributed by atoms with Crippen molar-refractivity contribution in [2.45, 2.75) is 0 Å². The molecular formula is C9H8FN2O. The van der Waals surface area contributed by atoms with Crippen LogP contribution < -0.4 is 10.6 Å². The van der Waals surface area contributed by atoms with Crippen molar-refractivity contribution in [1.82, 2.24) is 5.43 Å². The first-order chi connectivity index (χ1) is 6.27. The van der Waals surface area contributed by atoms with E-state index < -0.39 is 0 Å². The number of nitrogens with one attached hydrogen (secondary N) is 1. The minimum Gasteiger partial charge on any atom is -0.362 e. The second kappa shape index (κ2) is 2.97. The van der Waals surface area contributed by atoms with E-state index in [4.69, 9.17) is 4.84 Å². The fourth-order valence-electron chi connectivity index (χ4n) is 1.04. The van der Waals surface area contributed by atoms with Crippen LogP contribution in [0.25, 0.3) is 0 Å². The van der Waals surface area contributed by atoms with Crippen LogP contribution in [0.3, 0.4) is 0 Å². The Bertz CT molecular complexity index is 351. The van der Waals surface area contributed by atoms with E-state index >= 15 is 0 Å². The van der Waals surface area contributed by atoms with Gasteiger partial charge in [-0.1, -0.05) is 12.1 Å². The number of hydrazine groups is 1. The number of allylic oxidation sites excluding steroid dienone is 1. The van der Waals surface area contributed by atoms with Crippen LogP contribution in [0.15, 0.2) is 36.2 Å². The molecule has 0 fully saturated rings. The first-order valence-corrected chi connectivity index (χ1v) is 3.78. The van der Waals surface area contributed by atoms with E-state index in [0.717, 1.165) is 0 Å². The Morgan fingerprint density at radius 1 is 1.38 bits per heavy atom. The Hall–Kier alpha value is -1.71. The second-order valence-corrected chi connectivity index (χ2v) is 2.58. The largest absolute Gasteiger partial charge is 0.362 e. The Kier molecular flexibility index (Phi) is 1.81. The lowest BCUT2D eigenvalue weighted by molar-refractivity contribution is 0.198. The molecule has 1 N–H and O–H groups in total. The molecule has 4 heteroatoms. The van der Waals surface area contributed by atoms with Gasteiger partial charge in [0, 0.05) is 6.92 Å². The van der Waals surface area contributed by atoms with Crippen LogP contribution in [-0.4, -0.2) is 0 Å². The van der Waals surface area contributed by atoms with E-state index in [-0.39, 0.29) is 5.82 Å². The van der Waals surface area contributed by atoms with Crippen LogP contribution >= 0.6 is 0 Å². The molecule has 0 unspecified atom stereocenters. The van der Waals surface area contributed by atoms with Gasteiger partial charge in [-0.2, -0.15) is 0 Å². The smallest absolute Gasteiger partial charge is 0.152 e. The summed E-state index contributed by atoms with van der Waals surface area (Å²) in [6.45, 7) is 3.56. The van der Waals surface area contributed by atoms with Gasteiger partial charge in [-0.15, -0.1) is 5.17 Å².